The Hall–Kier alpha value is -2.31. The average molecular weight is 327 g/mol. The van der Waals surface area contributed by atoms with Crippen LogP contribution in [0.25, 0.3) is 0 Å². The van der Waals surface area contributed by atoms with Crippen LogP contribution < -0.4 is 10.2 Å². The number of carbonyl (C=O) groups is 1. The van der Waals surface area contributed by atoms with Gasteiger partial charge in [-0.1, -0.05) is 25.6 Å². The van der Waals surface area contributed by atoms with Gasteiger partial charge in [-0.15, -0.1) is 0 Å². The van der Waals surface area contributed by atoms with Gasteiger partial charge in [-0.05, 0) is 48.6 Å². The van der Waals surface area contributed by atoms with Gasteiger partial charge in [-0.25, -0.2) is 0 Å². The quantitative estimate of drug-likeness (QED) is 0.843. The SMILES string of the molecule is C.O=C(c1cccc(Oc2ccc(B(O)O)cc2)c1)N1CCCC1. The fourth-order valence-corrected chi connectivity index (χ4v) is 2.64. The van der Waals surface area contributed by atoms with E-state index in [2.05, 4.69) is 0 Å². The number of ether oxygens (including phenoxy) is 1. The third-order valence-corrected chi connectivity index (χ3v) is 3.89. The lowest BCUT2D eigenvalue weighted by Gasteiger charge is -2.15. The molecule has 0 aromatic heterocycles. The maximum absolute atomic E-state index is 12.4. The van der Waals surface area contributed by atoms with Gasteiger partial charge in [0.2, 0.25) is 0 Å². The lowest BCUT2D eigenvalue weighted by atomic mass is 9.80. The molecule has 0 bridgehead atoms. The minimum absolute atomic E-state index is 0. The summed E-state index contributed by atoms with van der Waals surface area (Å²) in [6, 6.07) is 13.6. The lowest BCUT2D eigenvalue weighted by molar-refractivity contribution is 0.0792. The number of carbonyl (C=O) groups excluding carboxylic acids is 1. The Morgan fingerprint density at radius 3 is 2.29 bits per heavy atom. The molecule has 1 saturated heterocycles. The Morgan fingerprint density at radius 1 is 1.00 bits per heavy atom. The molecule has 1 aliphatic rings. The number of amides is 1. The van der Waals surface area contributed by atoms with Crippen molar-refractivity contribution in [3.63, 3.8) is 0 Å². The molecule has 0 saturated carbocycles. The summed E-state index contributed by atoms with van der Waals surface area (Å²) in [5.74, 6) is 1.18. The highest BCUT2D eigenvalue weighted by molar-refractivity contribution is 6.58. The fourth-order valence-electron chi connectivity index (χ4n) is 2.64. The zero-order valence-corrected chi connectivity index (χ0v) is 12.7. The maximum Gasteiger partial charge on any atom is 0.488 e. The summed E-state index contributed by atoms with van der Waals surface area (Å²) in [4.78, 5) is 14.2. The molecule has 24 heavy (non-hydrogen) atoms. The summed E-state index contributed by atoms with van der Waals surface area (Å²) in [6.45, 7) is 1.63. The van der Waals surface area contributed by atoms with E-state index in [4.69, 9.17) is 14.8 Å². The zero-order chi connectivity index (χ0) is 16.2. The van der Waals surface area contributed by atoms with Gasteiger partial charge in [-0.2, -0.15) is 0 Å². The molecule has 2 N–H and O–H groups in total. The predicted octanol–water partition coefficient (Wildman–Crippen LogP) is 2.03. The van der Waals surface area contributed by atoms with Gasteiger partial charge in [-0.3, -0.25) is 4.79 Å². The maximum atomic E-state index is 12.4. The first-order chi connectivity index (χ1) is 11.1. The molecule has 0 atom stereocenters. The van der Waals surface area contributed by atoms with Crippen molar-refractivity contribution in [1.82, 2.24) is 4.90 Å². The molecule has 0 unspecified atom stereocenters. The topological polar surface area (TPSA) is 70.0 Å². The van der Waals surface area contributed by atoms with Crippen LogP contribution in [0.4, 0.5) is 0 Å². The van der Waals surface area contributed by atoms with E-state index in [1.165, 1.54) is 0 Å². The lowest BCUT2D eigenvalue weighted by Crippen LogP contribution is -2.29. The summed E-state index contributed by atoms with van der Waals surface area (Å²) >= 11 is 0. The number of nitrogens with zero attached hydrogens (tertiary/aromatic N) is 1. The Labute approximate surface area is 142 Å². The van der Waals surface area contributed by atoms with E-state index in [-0.39, 0.29) is 13.3 Å². The normalized spacial score (nSPS) is 13.3. The van der Waals surface area contributed by atoms with Gasteiger partial charge in [0.15, 0.2) is 0 Å². The molecule has 6 heteroatoms. The van der Waals surface area contributed by atoms with Gasteiger partial charge in [0.1, 0.15) is 11.5 Å². The van der Waals surface area contributed by atoms with E-state index in [9.17, 15) is 4.79 Å². The summed E-state index contributed by atoms with van der Waals surface area (Å²) in [5.41, 5.74) is 1.02. The van der Waals surface area contributed by atoms with Crippen LogP contribution in [-0.2, 0) is 0 Å². The van der Waals surface area contributed by atoms with E-state index in [0.29, 0.717) is 22.5 Å². The van der Waals surface area contributed by atoms with Crippen molar-refractivity contribution in [2.75, 3.05) is 13.1 Å². The summed E-state index contributed by atoms with van der Waals surface area (Å²) < 4.78 is 5.73. The van der Waals surface area contributed by atoms with Crippen molar-refractivity contribution in [2.24, 2.45) is 0 Å². The van der Waals surface area contributed by atoms with Gasteiger partial charge in [0, 0.05) is 18.7 Å². The second-order valence-electron chi connectivity index (χ2n) is 5.57. The van der Waals surface area contributed by atoms with Crippen LogP contribution in [0.1, 0.15) is 30.6 Å². The largest absolute Gasteiger partial charge is 0.488 e. The Balaban J connectivity index is 0.00000208. The van der Waals surface area contributed by atoms with E-state index < -0.39 is 7.12 Å². The zero-order valence-electron chi connectivity index (χ0n) is 12.7. The smallest absolute Gasteiger partial charge is 0.457 e. The number of hydrogen-bond donors (Lipinski definition) is 2. The van der Waals surface area contributed by atoms with Crippen molar-refractivity contribution in [3.05, 3.63) is 54.1 Å². The number of benzene rings is 2. The van der Waals surface area contributed by atoms with Crippen molar-refractivity contribution >= 4 is 18.5 Å². The highest BCUT2D eigenvalue weighted by Crippen LogP contribution is 2.23. The summed E-state index contributed by atoms with van der Waals surface area (Å²) in [6.07, 6.45) is 2.12. The van der Waals surface area contributed by atoms with E-state index in [1.54, 1.807) is 48.5 Å². The van der Waals surface area contributed by atoms with Gasteiger partial charge in [0.05, 0.1) is 0 Å². The first-order valence-corrected chi connectivity index (χ1v) is 7.67. The molecule has 0 radical (unpaired) electrons. The molecule has 2 aromatic rings. The van der Waals surface area contributed by atoms with Crippen LogP contribution in [-0.4, -0.2) is 41.1 Å². The first kappa shape index (κ1) is 18.0. The molecule has 0 aliphatic carbocycles. The first-order valence-electron chi connectivity index (χ1n) is 7.67. The van der Waals surface area contributed by atoms with E-state index in [1.807, 2.05) is 4.90 Å². The van der Waals surface area contributed by atoms with Crippen LogP contribution in [0.3, 0.4) is 0 Å². The highest BCUT2D eigenvalue weighted by atomic mass is 16.5. The van der Waals surface area contributed by atoms with Crippen molar-refractivity contribution in [1.29, 1.82) is 0 Å². The van der Waals surface area contributed by atoms with Gasteiger partial charge >= 0.3 is 7.12 Å². The summed E-state index contributed by atoms with van der Waals surface area (Å²) in [7, 11) is -1.49. The van der Waals surface area contributed by atoms with Crippen LogP contribution in [0.2, 0.25) is 0 Å². The second kappa shape index (κ2) is 7.99. The highest BCUT2D eigenvalue weighted by Gasteiger charge is 2.19. The van der Waals surface area contributed by atoms with Crippen LogP contribution in [0.5, 0.6) is 11.5 Å². The van der Waals surface area contributed by atoms with Crippen LogP contribution in [0.15, 0.2) is 48.5 Å². The molecule has 2 aromatic carbocycles. The fraction of sp³-hybridized carbons (Fsp3) is 0.278. The average Bonchev–Trinajstić information content (AvgIpc) is 3.09. The molecule has 1 amide bonds. The molecule has 3 rings (SSSR count). The Bertz CT molecular complexity index is 682. The number of hydrogen-bond acceptors (Lipinski definition) is 4. The molecule has 1 fully saturated rings. The molecule has 126 valence electrons. The third kappa shape index (κ3) is 4.16. The Morgan fingerprint density at radius 2 is 1.67 bits per heavy atom. The molecular formula is C18H22BNO4. The van der Waals surface area contributed by atoms with Crippen LogP contribution >= 0.6 is 0 Å². The van der Waals surface area contributed by atoms with Gasteiger partial charge in [0.25, 0.3) is 5.91 Å². The van der Waals surface area contributed by atoms with E-state index >= 15 is 0 Å². The minimum Gasteiger partial charge on any atom is -0.457 e. The minimum atomic E-state index is -1.49. The molecule has 1 heterocycles. The van der Waals surface area contributed by atoms with Crippen molar-refractivity contribution in [2.45, 2.75) is 20.3 Å². The van der Waals surface area contributed by atoms with Crippen LogP contribution in [0, 0.1) is 0 Å². The van der Waals surface area contributed by atoms with E-state index in [0.717, 1.165) is 25.9 Å². The van der Waals surface area contributed by atoms with Crippen molar-refractivity contribution < 1.29 is 19.6 Å². The monoisotopic (exact) mass is 327 g/mol. The van der Waals surface area contributed by atoms with Crippen molar-refractivity contribution in [3.8, 4) is 11.5 Å². The van der Waals surface area contributed by atoms with Gasteiger partial charge < -0.3 is 19.7 Å². The number of rotatable bonds is 4. The standard InChI is InChI=1S/C17H18BNO4.CH4/c20-17(19-10-1-2-11-19)13-4-3-5-16(12-13)23-15-8-6-14(7-9-15)18(21)22;/h3-9,12,21-22H,1-2,10-11H2;1H4. The molecule has 5 nitrogen and oxygen atoms in total. The molecule has 0 spiro atoms. The third-order valence-electron chi connectivity index (χ3n) is 3.89. The predicted molar refractivity (Wildman–Crippen MR) is 94.7 cm³/mol. The number of likely N-dealkylation sites (tertiary alicyclic amines) is 1. The summed E-state index contributed by atoms with van der Waals surface area (Å²) in [5, 5.41) is 18.2. The molecule has 1 aliphatic heterocycles. The Kier molecular flexibility index (Phi) is 6.01. The second-order valence-corrected chi connectivity index (χ2v) is 5.57. The molecular weight excluding hydrogens is 305 g/mol.